The number of hydrogen-bond acceptors (Lipinski definition) is 6. The first-order valence-electron chi connectivity index (χ1n) is 15.9. The highest BCUT2D eigenvalue weighted by Crippen LogP contribution is 2.19. The van der Waals surface area contributed by atoms with Crippen molar-refractivity contribution in [3.63, 3.8) is 0 Å². The van der Waals surface area contributed by atoms with E-state index in [1.54, 1.807) is 24.3 Å². The van der Waals surface area contributed by atoms with Gasteiger partial charge in [-0.1, -0.05) is 115 Å². The number of ether oxygens (including phenoxy) is 1. The number of thioether (sulfide) groups is 1. The minimum absolute atomic E-state index is 0.0569. The quantitative estimate of drug-likeness (QED) is 0.111. The van der Waals surface area contributed by atoms with Crippen LogP contribution < -0.4 is 20.1 Å². The number of methoxy groups -OCH3 is 1. The Hall–Kier alpha value is -2.72. The Balaban J connectivity index is 1.49. The van der Waals surface area contributed by atoms with Gasteiger partial charge in [0.05, 0.1) is 12.0 Å². The predicted octanol–water partition coefficient (Wildman–Crippen LogP) is 9.73. The molecule has 3 N–H and O–H groups in total. The van der Waals surface area contributed by atoms with Crippen LogP contribution in [-0.4, -0.2) is 32.6 Å². The number of hydrogen-bond donors (Lipinski definition) is 3. The van der Waals surface area contributed by atoms with Gasteiger partial charge in [0.25, 0.3) is 15.3 Å². The van der Waals surface area contributed by atoms with Gasteiger partial charge in [-0.25, -0.2) is 17.9 Å². The molecule has 0 radical (unpaired) electrons. The molecule has 0 saturated carbocycles. The highest BCUT2D eigenvalue weighted by molar-refractivity contribution is 8.13. The lowest BCUT2D eigenvalue weighted by atomic mass is 10.0. The van der Waals surface area contributed by atoms with E-state index in [1.807, 2.05) is 4.72 Å². The minimum Gasteiger partial charge on any atom is -0.497 e. The maximum atomic E-state index is 12.4. The number of amides is 3. The molecule has 2 aromatic carbocycles. The summed E-state index contributed by atoms with van der Waals surface area (Å²) in [6.07, 6.45) is 21.2. The van der Waals surface area contributed by atoms with Crippen molar-refractivity contribution < 1.29 is 22.7 Å². The minimum atomic E-state index is -4.03. The van der Waals surface area contributed by atoms with Gasteiger partial charge in [-0.3, -0.25) is 4.79 Å². The van der Waals surface area contributed by atoms with Gasteiger partial charge in [0.1, 0.15) is 5.75 Å². The fourth-order valence-corrected chi connectivity index (χ4v) is 6.33. The number of rotatable bonds is 22. The number of unbranched alkanes of at least 4 members (excludes halogenated alkanes) is 15. The summed E-state index contributed by atoms with van der Waals surface area (Å²) in [6.45, 7) is 2.27. The summed E-state index contributed by atoms with van der Waals surface area (Å²) in [6, 6.07) is 11.3. The van der Waals surface area contributed by atoms with Crippen molar-refractivity contribution >= 4 is 44.4 Å². The van der Waals surface area contributed by atoms with Crippen LogP contribution in [0, 0.1) is 0 Å². The van der Waals surface area contributed by atoms with Crippen LogP contribution in [0.4, 0.5) is 21.0 Å². The van der Waals surface area contributed by atoms with Crippen molar-refractivity contribution in [3.05, 3.63) is 48.5 Å². The molecule has 8 nitrogen and oxygen atoms in total. The first-order valence-corrected chi connectivity index (χ1v) is 18.3. The zero-order chi connectivity index (χ0) is 31.2. The van der Waals surface area contributed by atoms with Crippen LogP contribution in [0.3, 0.4) is 0 Å². The predicted molar refractivity (Wildman–Crippen MR) is 180 cm³/mol. The number of benzene rings is 2. The first kappa shape index (κ1) is 36.5. The number of carbonyl (C=O) groups excluding carboxylic acids is 2. The molecular formula is C33H51N3O5S2. The summed E-state index contributed by atoms with van der Waals surface area (Å²) in [4.78, 5) is 24.4. The SMILES string of the molecule is CCCCCCCCCCCCCCCCCCSC(=O)Nc1ccc(NC(=O)NS(=O)(=O)c2ccc(OC)cc2)cc1. The molecule has 0 spiro atoms. The third kappa shape index (κ3) is 16.6. The first-order chi connectivity index (χ1) is 20.8. The van der Waals surface area contributed by atoms with Gasteiger partial charge in [-0.2, -0.15) is 0 Å². The molecule has 0 aliphatic rings. The molecule has 0 aliphatic heterocycles. The molecule has 2 aromatic rings. The summed E-state index contributed by atoms with van der Waals surface area (Å²) in [5.41, 5.74) is 0.988. The molecule has 10 heteroatoms. The molecule has 0 unspecified atom stereocenters. The van der Waals surface area contributed by atoms with E-state index < -0.39 is 16.1 Å². The molecular weight excluding hydrogens is 583 g/mol. The van der Waals surface area contributed by atoms with E-state index in [2.05, 4.69) is 17.6 Å². The average molecular weight is 634 g/mol. The van der Waals surface area contributed by atoms with Crippen molar-refractivity contribution in [3.8, 4) is 5.75 Å². The van der Waals surface area contributed by atoms with E-state index in [9.17, 15) is 18.0 Å². The number of carbonyl (C=O) groups is 2. The fraction of sp³-hybridized carbons (Fsp3) is 0.576. The van der Waals surface area contributed by atoms with E-state index in [4.69, 9.17) is 4.74 Å². The van der Waals surface area contributed by atoms with E-state index in [0.717, 1.165) is 18.6 Å². The Bertz CT molecular complexity index is 1160. The maximum absolute atomic E-state index is 12.4. The molecule has 0 atom stereocenters. The molecule has 0 heterocycles. The van der Waals surface area contributed by atoms with Gasteiger partial charge in [-0.05, 0) is 55.0 Å². The lowest BCUT2D eigenvalue weighted by Crippen LogP contribution is -2.34. The van der Waals surface area contributed by atoms with Gasteiger partial charge in [0, 0.05) is 17.1 Å². The molecule has 0 fully saturated rings. The van der Waals surface area contributed by atoms with Crippen molar-refractivity contribution in [1.82, 2.24) is 4.72 Å². The zero-order valence-corrected chi connectivity index (χ0v) is 27.6. The lowest BCUT2D eigenvalue weighted by molar-refractivity contribution is 0.256. The molecule has 43 heavy (non-hydrogen) atoms. The van der Waals surface area contributed by atoms with Gasteiger partial charge >= 0.3 is 6.03 Å². The maximum Gasteiger partial charge on any atom is 0.333 e. The number of anilines is 2. The highest BCUT2D eigenvalue weighted by Gasteiger charge is 2.17. The lowest BCUT2D eigenvalue weighted by Gasteiger charge is -2.10. The third-order valence-corrected chi connectivity index (χ3v) is 9.42. The number of nitrogens with one attached hydrogen (secondary N) is 3. The van der Waals surface area contributed by atoms with Gasteiger partial charge < -0.3 is 15.4 Å². The fourth-order valence-electron chi connectivity index (χ4n) is 4.70. The van der Waals surface area contributed by atoms with E-state index in [1.165, 1.54) is 133 Å². The van der Waals surface area contributed by atoms with Crippen LogP contribution in [0.15, 0.2) is 53.4 Å². The van der Waals surface area contributed by atoms with Crippen molar-refractivity contribution in [2.45, 2.75) is 115 Å². The van der Waals surface area contributed by atoms with Crippen molar-refractivity contribution in [2.75, 3.05) is 23.5 Å². The van der Waals surface area contributed by atoms with Crippen LogP contribution in [0.5, 0.6) is 5.75 Å². The second kappa shape index (κ2) is 21.9. The normalized spacial score (nSPS) is 11.2. The summed E-state index contributed by atoms with van der Waals surface area (Å²) in [5, 5.41) is 5.20. The van der Waals surface area contributed by atoms with Crippen LogP contribution in [-0.2, 0) is 10.0 Å². The molecule has 0 aliphatic carbocycles. The Morgan fingerprint density at radius 1 is 0.651 bits per heavy atom. The smallest absolute Gasteiger partial charge is 0.333 e. The molecule has 2 rings (SSSR count). The zero-order valence-electron chi connectivity index (χ0n) is 26.0. The topological polar surface area (TPSA) is 114 Å². The highest BCUT2D eigenvalue weighted by atomic mass is 32.2. The monoisotopic (exact) mass is 633 g/mol. The summed E-state index contributed by atoms with van der Waals surface area (Å²) < 4.78 is 31.8. The van der Waals surface area contributed by atoms with E-state index in [0.29, 0.717) is 17.1 Å². The summed E-state index contributed by atoms with van der Waals surface area (Å²) in [7, 11) is -2.55. The second-order valence-electron chi connectivity index (χ2n) is 10.9. The van der Waals surface area contributed by atoms with E-state index >= 15 is 0 Å². The molecule has 3 amide bonds. The number of urea groups is 1. The molecule has 0 saturated heterocycles. The second-order valence-corrected chi connectivity index (χ2v) is 13.6. The van der Waals surface area contributed by atoms with E-state index in [-0.39, 0.29) is 10.1 Å². The van der Waals surface area contributed by atoms with Crippen LogP contribution in [0.25, 0.3) is 0 Å². The molecule has 0 bridgehead atoms. The number of sulfonamides is 1. The van der Waals surface area contributed by atoms with Crippen molar-refractivity contribution in [1.29, 1.82) is 0 Å². The van der Waals surface area contributed by atoms with Gasteiger partial charge in [-0.15, -0.1) is 0 Å². The Kier molecular flexibility index (Phi) is 18.6. The van der Waals surface area contributed by atoms with Crippen LogP contribution >= 0.6 is 11.8 Å². The standard InChI is InChI=1S/C33H51N3O5S2/c1-3-4-5-6-7-8-9-10-11-12-13-14-15-16-17-18-27-42-33(38)35-29-21-19-28(20-22-29)34-32(37)36-43(39,40)31-25-23-30(41-2)24-26-31/h19-26H,3-18,27H2,1-2H3,(H,35,38)(H2,34,36,37). The Labute approximate surface area is 263 Å². The van der Waals surface area contributed by atoms with Crippen LogP contribution in [0.2, 0.25) is 0 Å². The molecule has 240 valence electrons. The van der Waals surface area contributed by atoms with Gasteiger partial charge in [0.2, 0.25) is 0 Å². The van der Waals surface area contributed by atoms with Crippen molar-refractivity contribution in [2.24, 2.45) is 0 Å². The largest absolute Gasteiger partial charge is 0.497 e. The summed E-state index contributed by atoms with van der Waals surface area (Å²) in [5.74, 6) is 1.29. The Morgan fingerprint density at radius 2 is 1.09 bits per heavy atom. The average Bonchev–Trinajstić information content (AvgIpc) is 2.99. The molecule has 0 aromatic heterocycles. The van der Waals surface area contributed by atoms with Gasteiger partial charge in [0.15, 0.2) is 0 Å². The summed E-state index contributed by atoms with van der Waals surface area (Å²) >= 11 is 1.27. The third-order valence-electron chi connectivity index (χ3n) is 7.22. The van der Waals surface area contributed by atoms with Crippen LogP contribution in [0.1, 0.15) is 110 Å². The Morgan fingerprint density at radius 3 is 1.56 bits per heavy atom.